The Kier molecular flexibility index (Phi) is 3.08. The third-order valence-electron chi connectivity index (χ3n) is 2.90. The van der Waals surface area contributed by atoms with Gasteiger partial charge in [-0.2, -0.15) is 5.26 Å². The lowest BCUT2D eigenvalue weighted by atomic mass is 10.1. The Morgan fingerprint density at radius 2 is 1.82 bits per heavy atom. The van der Waals surface area contributed by atoms with E-state index in [-0.39, 0.29) is 0 Å². The van der Waals surface area contributed by atoms with Gasteiger partial charge in [-0.3, -0.25) is 0 Å². The minimum absolute atomic E-state index is 0.469. The second-order valence-electron chi connectivity index (χ2n) is 4.59. The maximum absolute atomic E-state index is 9.24. The summed E-state index contributed by atoms with van der Waals surface area (Å²) < 4.78 is 2.16. The van der Waals surface area contributed by atoms with Crippen LogP contribution in [0.5, 0.6) is 0 Å². The van der Waals surface area contributed by atoms with Crippen LogP contribution in [0.1, 0.15) is 41.6 Å². The molecule has 0 unspecified atom stereocenters. The maximum Gasteiger partial charge on any atom is 0.118 e. The lowest BCUT2D eigenvalue weighted by Crippen LogP contribution is -1.97. The Morgan fingerprint density at radius 3 is 2.29 bits per heavy atom. The molecule has 2 aromatic heterocycles. The van der Waals surface area contributed by atoms with E-state index in [1.807, 2.05) is 6.07 Å². The number of thiophene rings is 1. The highest BCUT2D eigenvalue weighted by Crippen LogP contribution is 2.32. The van der Waals surface area contributed by atoms with Crippen molar-refractivity contribution in [3.63, 3.8) is 0 Å². The number of hydrogen-bond donors (Lipinski definition) is 0. The molecule has 0 bridgehead atoms. The first kappa shape index (κ1) is 11.9. The molecular formula is C14H16N2S. The van der Waals surface area contributed by atoms with Gasteiger partial charge in [0.15, 0.2) is 0 Å². The molecule has 0 atom stereocenters. The van der Waals surface area contributed by atoms with E-state index in [0.717, 1.165) is 10.6 Å². The van der Waals surface area contributed by atoms with Crippen molar-refractivity contribution < 1.29 is 0 Å². The van der Waals surface area contributed by atoms with Crippen LogP contribution >= 0.6 is 11.3 Å². The van der Waals surface area contributed by atoms with Crippen molar-refractivity contribution in [2.75, 3.05) is 0 Å². The number of nitrogens with zero attached hydrogens (tertiary/aromatic N) is 2. The molecule has 0 radical (unpaired) electrons. The summed E-state index contributed by atoms with van der Waals surface area (Å²) in [5.41, 5.74) is 3.13. The largest absolute Gasteiger partial charge is 0.309 e. The molecule has 0 saturated heterocycles. The lowest BCUT2D eigenvalue weighted by Gasteiger charge is -2.06. The van der Waals surface area contributed by atoms with E-state index in [9.17, 15) is 5.26 Å². The first-order valence-electron chi connectivity index (χ1n) is 5.73. The molecule has 0 aliphatic rings. The summed E-state index contributed by atoms with van der Waals surface area (Å²) in [5.74, 6) is 0.469. The van der Waals surface area contributed by atoms with Crippen molar-refractivity contribution in [3.05, 3.63) is 40.0 Å². The smallest absolute Gasteiger partial charge is 0.118 e. The Bertz CT molecular complexity index is 562. The van der Waals surface area contributed by atoms with Gasteiger partial charge >= 0.3 is 0 Å². The fourth-order valence-corrected chi connectivity index (χ4v) is 3.15. The van der Waals surface area contributed by atoms with Gasteiger partial charge in [-0.1, -0.05) is 13.8 Å². The van der Waals surface area contributed by atoms with Gasteiger partial charge < -0.3 is 4.57 Å². The Balaban J connectivity index is 2.64. The van der Waals surface area contributed by atoms with Crippen LogP contribution in [0.4, 0.5) is 0 Å². The Morgan fingerprint density at radius 1 is 1.24 bits per heavy atom. The molecule has 2 heterocycles. The van der Waals surface area contributed by atoms with Gasteiger partial charge in [-0.25, -0.2) is 0 Å². The summed E-state index contributed by atoms with van der Waals surface area (Å²) in [4.78, 5) is 1.27. The highest BCUT2D eigenvalue weighted by atomic mass is 32.1. The van der Waals surface area contributed by atoms with Crippen LogP contribution in [0.2, 0.25) is 0 Å². The van der Waals surface area contributed by atoms with E-state index in [2.05, 4.69) is 50.5 Å². The summed E-state index contributed by atoms with van der Waals surface area (Å²) in [6.07, 6.45) is 0. The molecule has 0 fully saturated rings. The van der Waals surface area contributed by atoms with Crippen molar-refractivity contribution in [1.82, 2.24) is 4.57 Å². The van der Waals surface area contributed by atoms with E-state index in [4.69, 9.17) is 0 Å². The molecule has 3 heteroatoms. The molecule has 0 aromatic carbocycles. The number of rotatable bonds is 2. The summed E-state index contributed by atoms with van der Waals surface area (Å²) in [6, 6.07) is 8.50. The molecule has 0 aliphatic heterocycles. The van der Waals surface area contributed by atoms with Crippen molar-refractivity contribution >= 4 is 11.3 Å². The summed E-state index contributed by atoms with van der Waals surface area (Å²) in [6.45, 7) is 8.46. The molecule has 2 rings (SSSR count). The molecule has 0 saturated carbocycles. The van der Waals surface area contributed by atoms with E-state index in [1.54, 1.807) is 11.3 Å². The zero-order valence-corrected chi connectivity index (χ0v) is 11.4. The van der Waals surface area contributed by atoms with Crippen LogP contribution < -0.4 is 0 Å². The van der Waals surface area contributed by atoms with Gasteiger partial charge in [0.2, 0.25) is 0 Å². The van der Waals surface area contributed by atoms with E-state index < -0.39 is 0 Å². The normalized spacial score (nSPS) is 10.8. The zero-order valence-electron chi connectivity index (χ0n) is 10.6. The van der Waals surface area contributed by atoms with Crippen LogP contribution in [-0.2, 0) is 0 Å². The second kappa shape index (κ2) is 4.38. The van der Waals surface area contributed by atoms with Crippen LogP contribution in [0.3, 0.4) is 0 Å². The van der Waals surface area contributed by atoms with Crippen molar-refractivity contribution in [2.24, 2.45) is 0 Å². The number of nitriles is 1. The van der Waals surface area contributed by atoms with Crippen LogP contribution in [0.15, 0.2) is 18.2 Å². The average molecular weight is 244 g/mol. The molecule has 0 spiro atoms. The molecule has 0 N–H and O–H groups in total. The third kappa shape index (κ3) is 2.01. The Labute approximate surface area is 106 Å². The van der Waals surface area contributed by atoms with Gasteiger partial charge in [0, 0.05) is 16.3 Å². The summed E-state index contributed by atoms with van der Waals surface area (Å²) >= 11 is 1.72. The molecule has 2 aromatic rings. The van der Waals surface area contributed by atoms with Gasteiger partial charge in [-0.05, 0) is 38.0 Å². The first-order valence-corrected chi connectivity index (χ1v) is 6.55. The Hall–Kier alpha value is -1.53. The SMILES string of the molecule is Cc1ccc(C)n1-c1sc(C(C)C)cc1C#N. The van der Waals surface area contributed by atoms with Crippen molar-refractivity contribution in [3.8, 4) is 11.1 Å². The van der Waals surface area contributed by atoms with Crippen LogP contribution in [0, 0.1) is 25.2 Å². The van der Waals surface area contributed by atoms with E-state index >= 15 is 0 Å². The minimum atomic E-state index is 0.469. The van der Waals surface area contributed by atoms with Gasteiger partial charge in [0.25, 0.3) is 0 Å². The monoisotopic (exact) mass is 244 g/mol. The van der Waals surface area contributed by atoms with Crippen LogP contribution in [0.25, 0.3) is 5.00 Å². The number of aromatic nitrogens is 1. The first-order chi connectivity index (χ1) is 8.04. The fraction of sp³-hybridized carbons (Fsp3) is 0.357. The van der Waals surface area contributed by atoms with Crippen LogP contribution in [-0.4, -0.2) is 4.57 Å². The average Bonchev–Trinajstić information content (AvgIpc) is 2.82. The highest BCUT2D eigenvalue weighted by Gasteiger charge is 2.15. The molecular weight excluding hydrogens is 228 g/mol. The number of aryl methyl sites for hydroxylation is 2. The molecule has 17 heavy (non-hydrogen) atoms. The lowest BCUT2D eigenvalue weighted by molar-refractivity contribution is 0.889. The second-order valence-corrected chi connectivity index (χ2v) is 5.65. The summed E-state index contributed by atoms with van der Waals surface area (Å²) in [7, 11) is 0. The van der Waals surface area contributed by atoms with E-state index in [1.165, 1.54) is 16.3 Å². The fourth-order valence-electron chi connectivity index (χ4n) is 1.92. The van der Waals surface area contributed by atoms with Crippen molar-refractivity contribution in [1.29, 1.82) is 5.26 Å². The molecule has 0 amide bonds. The van der Waals surface area contributed by atoms with Crippen molar-refractivity contribution in [2.45, 2.75) is 33.6 Å². The third-order valence-corrected chi connectivity index (χ3v) is 4.32. The molecule has 88 valence electrons. The van der Waals surface area contributed by atoms with Gasteiger partial charge in [0.1, 0.15) is 11.1 Å². The van der Waals surface area contributed by atoms with Gasteiger partial charge in [0.05, 0.1) is 5.56 Å². The van der Waals surface area contributed by atoms with E-state index in [0.29, 0.717) is 5.92 Å². The molecule has 0 aliphatic carbocycles. The minimum Gasteiger partial charge on any atom is -0.309 e. The topological polar surface area (TPSA) is 28.7 Å². The quantitative estimate of drug-likeness (QED) is 0.780. The predicted molar refractivity (Wildman–Crippen MR) is 71.9 cm³/mol. The number of hydrogen-bond acceptors (Lipinski definition) is 2. The van der Waals surface area contributed by atoms with Gasteiger partial charge in [-0.15, -0.1) is 11.3 Å². The predicted octanol–water partition coefficient (Wildman–Crippen LogP) is 4.15. The standard InChI is InChI=1S/C14H16N2S/c1-9(2)13-7-12(8-15)14(17-13)16-10(3)5-6-11(16)4/h5-7,9H,1-4H3. The molecule has 2 nitrogen and oxygen atoms in total. The zero-order chi connectivity index (χ0) is 12.6. The maximum atomic E-state index is 9.24. The summed E-state index contributed by atoms with van der Waals surface area (Å²) in [5, 5.41) is 10.3. The highest BCUT2D eigenvalue weighted by molar-refractivity contribution is 7.14.